The summed E-state index contributed by atoms with van der Waals surface area (Å²) in [4.78, 5) is 35.8. The number of fused-ring (bicyclic) bond motifs is 1. The first kappa shape index (κ1) is 11.7. The lowest BCUT2D eigenvalue weighted by atomic mass is 10.4. The molecule has 9 heteroatoms. The maximum atomic E-state index is 10.8. The SMILES string of the molecule is O=C(O)c1cn2cc(CP(=O)(O)O)cnc2n1. The zero-order chi connectivity index (χ0) is 12.6. The van der Waals surface area contributed by atoms with Crippen molar-refractivity contribution in [1.82, 2.24) is 14.4 Å². The molecule has 2 aromatic rings. The van der Waals surface area contributed by atoms with Crippen molar-refractivity contribution >= 4 is 19.3 Å². The Morgan fingerprint density at radius 1 is 1.41 bits per heavy atom. The van der Waals surface area contributed by atoms with Gasteiger partial charge in [-0.1, -0.05) is 0 Å². The molecule has 0 spiro atoms. The predicted molar refractivity (Wildman–Crippen MR) is 55.7 cm³/mol. The van der Waals surface area contributed by atoms with Crippen molar-refractivity contribution in [3.8, 4) is 0 Å². The summed E-state index contributed by atoms with van der Waals surface area (Å²) in [5.74, 6) is -1.02. The maximum Gasteiger partial charge on any atom is 0.356 e. The third-order valence-corrected chi connectivity index (χ3v) is 2.75. The van der Waals surface area contributed by atoms with Crippen molar-refractivity contribution in [3.05, 3.63) is 29.8 Å². The van der Waals surface area contributed by atoms with Gasteiger partial charge >= 0.3 is 13.6 Å². The van der Waals surface area contributed by atoms with Crippen LogP contribution >= 0.6 is 7.60 Å². The Morgan fingerprint density at radius 3 is 2.71 bits per heavy atom. The zero-order valence-corrected chi connectivity index (χ0v) is 9.28. The molecule has 0 radical (unpaired) electrons. The average molecular weight is 257 g/mol. The van der Waals surface area contributed by atoms with E-state index in [0.717, 1.165) is 0 Å². The molecule has 0 amide bonds. The fourth-order valence-electron chi connectivity index (χ4n) is 1.35. The Hall–Kier alpha value is -1.76. The van der Waals surface area contributed by atoms with Gasteiger partial charge in [0.15, 0.2) is 5.69 Å². The number of aromatic carboxylic acids is 1. The lowest BCUT2D eigenvalue weighted by Crippen LogP contribution is -1.94. The summed E-state index contributed by atoms with van der Waals surface area (Å²) >= 11 is 0. The topological polar surface area (TPSA) is 125 Å². The second-order valence-electron chi connectivity index (χ2n) is 3.42. The third kappa shape index (κ3) is 2.68. The van der Waals surface area contributed by atoms with E-state index in [1.54, 1.807) is 0 Å². The number of nitrogens with zero attached hydrogens (tertiary/aromatic N) is 3. The van der Waals surface area contributed by atoms with Crippen LogP contribution in [0.3, 0.4) is 0 Å². The maximum absolute atomic E-state index is 10.8. The Kier molecular flexibility index (Phi) is 2.70. The molecule has 3 N–H and O–H groups in total. The molecule has 2 aromatic heterocycles. The van der Waals surface area contributed by atoms with Gasteiger partial charge in [0.1, 0.15) is 0 Å². The first-order valence-electron chi connectivity index (χ1n) is 4.47. The van der Waals surface area contributed by atoms with Crippen molar-refractivity contribution < 1.29 is 24.3 Å². The number of aromatic nitrogens is 3. The molecule has 0 atom stereocenters. The van der Waals surface area contributed by atoms with Crippen molar-refractivity contribution in [2.75, 3.05) is 0 Å². The summed E-state index contributed by atoms with van der Waals surface area (Å²) in [6.07, 6.45) is 3.43. The van der Waals surface area contributed by atoms with Gasteiger partial charge in [-0.15, -0.1) is 0 Å². The Labute approximate surface area is 94.7 Å². The lowest BCUT2D eigenvalue weighted by Gasteiger charge is -2.03. The van der Waals surface area contributed by atoms with Crippen LogP contribution in [0.5, 0.6) is 0 Å². The minimum absolute atomic E-state index is 0.164. The molecule has 0 aliphatic rings. The highest BCUT2D eigenvalue weighted by atomic mass is 31.2. The van der Waals surface area contributed by atoms with Crippen molar-refractivity contribution in [2.24, 2.45) is 0 Å². The molecule has 0 saturated carbocycles. The number of carboxylic acid groups (broad SMARTS) is 1. The molecule has 0 bridgehead atoms. The molecule has 0 fully saturated rings. The highest BCUT2D eigenvalue weighted by Crippen LogP contribution is 2.38. The van der Waals surface area contributed by atoms with E-state index in [2.05, 4.69) is 9.97 Å². The number of rotatable bonds is 3. The number of imidazole rings is 1. The molecule has 17 heavy (non-hydrogen) atoms. The first-order valence-corrected chi connectivity index (χ1v) is 6.26. The van der Waals surface area contributed by atoms with Gasteiger partial charge in [0.05, 0.1) is 6.16 Å². The largest absolute Gasteiger partial charge is 0.476 e. The Morgan fingerprint density at radius 2 is 2.12 bits per heavy atom. The van der Waals surface area contributed by atoms with Gasteiger partial charge in [0.25, 0.3) is 0 Å². The van der Waals surface area contributed by atoms with E-state index in [-0.39, 0.29) is 11.5 Å². The van der Waals surface area contributed by atoms with E-state index in [1.165, 1.54) is 23.0 Å². The van der Waals surface area contributed by atoms with Crippen molar-refractivity contribution in [2.45, 2.75) is 6.16 Å². The highest BCUT2D eigenvalue weighted by molar-refractivity contribution is 7.50. The smallest absolute Gasteiger partial charge is 0.356 e. The first-order chi connectivity index (χ1) is 7.85. The van der Waals surface area contributed by atoms with Gasteiger partial charge in [0, 0.05) is 18.6 Å². The summed E-state index contributed by atoms with van der Waals surface area (Å²) in [7, 11) is -4.17. The molecular formula is C8H8N3O5P. The average Bonchev–Trinajstić information content (AvgIpc) is 2.57. The Balaban J connectivity index is 2.43. The molecule has 0 saturated heterocycles. The fourth-order valence-corrected chi connectivity index (χ4v) is 1.99. The second kappa shape index (κ2) is 3.92. The van der Waals surface area contributed by atoms with E-state index in [1.807, 2.05) is 0 Å². The van der Waals surface area contributed by atoms with Crippen LogP contribution in [0.1, 0.15) is 16.1 Å². The zero-order valence-electron chi connectivity index (χ0n) is 8.39. The van der Waals surface area contributed by atoms with Crippen LogP contribution in [0, 0.1) is 0 Å². The van der Waals surface area contributed by atoms with Gasteiger partial charge in [-0.05, 0) is 5.56 Å². The van der Waals surface area contributed by atoms with Gasteiger partial charge in [-0.2, -0.15) is 0 Å². The van der Waals surface area contributed by atoms with E-state index < -0.39 is 19.7 Å². The predicted octanol–water partition coefficient (Wildman–Crippen LogP) is 0.105. The molecule has 2 heterocycles. The van der Waals surface area contributed by atoms with E-state index in [0.29, 0.717) is 5.56 Å². The molecule has 8 nitrogen and oxygen atoms in total. The molecule has 0 aliphatic carbocycles. The van der Waals surface area contributed by atoms with Crippen LogP contribution in [0.2, 0.25) is 0 Å². The molecule has 0 aromatic carbocycles. The molecule has 2 rings (SSSR count). The van der Waals surface area contributed by atoms with Gasteiger partial charge < -0.3 is 14.9 Å². The van der Waals surface area contributed by atoms with E-state index >= 15 is 0 Å². The monoisotopic (exact) mass is 257 g/mol. The summed E-state index contributed by atoms with van der Waals surface area (Å²) in [5.41, 5.74) is 0.131. The number of hydrogen-bond donors (Lipinski definition) is 3. The van der Waals surface area contributed by atoms with Crippen LogP contribution in [-0.2, 0) is 10.7 Å². The molecular weight excluding hydrogens is 249 g/mol. The van der Waals surface area contributed by atoms with E-state index in [9.17, 15) is 9.36 Å². The van der Waals surface area contributed by atoms with Crippen LogP contribution in [-0.4, -0.2) is 35.2 Å². The van der Waals surface area contributed by atoms with Gasteiger partial charge in [-0.3, -0.25) is 8.97 Å². The molecule has 0 unspecified atom stereocenters. The fraction of sp³-hybridized carbons (Fsp3) is 0.125. The third-order valence-electron chi connectivity index (χ3n) is 1.97. The minimum atomic E-state index is -4.17. The summed E-state index contributed by atoms with van der Waals surface area (Å²) in [5, 5.41) is 8.71. The van der Waals surface area contributed by atoms with Gasteiger partial charge in [0.2, 0.25) is 5.78 Å². The highest BCUT2D eigenvalue weighted by Gasteiger charge is 2.16. The lowest BCUT2D eigenvalue weighted by molar-refractivity contribution is 0.0691. The summed E-state index contributed by atoms with van der Waals surface area (Å²) < 4.78 is 12.1. The van der Waals surface area contributed by atoms with Crippen LogP contribution < -0.4 is 0 Å². The van der Waals surface area contributed by atoms with Gasteiger partial charge in [-0.25, -0.2) is 14.8 Å². The van der Waals surface area contributed by atoms with Crippen LogP contribution in [0.25, 0.3) is 5.78 Å². The number of carbonyl (C=O) groups is 1. The van der Waals surface area contributed by atoms with Crippen LogP contribution in [0.4, 0.5) is 0 Å². The quantitative estimate of drug-likeness (QED) is 0.666. The summed E-state index contributed by atoms with van der Waals surface area (Å²) in [6, 6.07) is 0. The number of hydrogen-bond acceptors (Lipinski definition) is 4. The number of carboxylic acids is 1. The van der Waals surface area contributed by atoms with E-state index in [4.69, 9.17) is 14.9 Å². The molecule has 90 valence electrons. The van der Waals surface area contributed by atoms with Crippen molar-refractivity contribution in [3.63, 3.8) is 0 Å². The van der Waals surface area contributed by atoms with Crippen molar-refractivity contribution in [1.29, 1.82) is 0 Å². The van der Waals surface area contributed by atoms with Crippen LogP contribution in [0.15, 0.2) is 18.6 Å². The molecule has 0 aliphatic heterocycles. The normalized spacial score (nSPS) is 11.9. The Bertz CT molecular complexity index is 631. The second-order valence-corrected chi connectivity index (χ2v) is 5.07. The minimum Gasteiger partial charge on any atom is -0.476 e. The standard InChI is InChI=1S/C8H8N3O5P/c12-7(13)6-3-11-2-5(4-17(14,15)16)1-9-8(11)10-6/h1-3H,4H2,(H,12,13)(H2,14,15,16). The summed E-state index contributed by atoms with van der Waals surface area (Å²) in [6.45, 7) is 0.